The van der Waals surface area contributed by atoms with Crippen LogP contribution in [0.4, 0.5) is 5.69 Å². The third kappa shape index (κ3) is 2.86. The van der Waals surface area contributed by atoms with Crippen LogP contribution < -0.4 is 14.8 Å². The summed E-state index contributed by atoms with van der Waals surface area (Å²) in [4.78, 5) is 13.5. The summed E-state index contributed by atoms with van der Waals surface area (Å²) in [6.45, 7) is 5.86. The lowest BCUT2D eigenvalue weighted by Gasteiger charge is -2.35. The first-order valence-electron chi connectivity index (χ1n) is 7.73. The molecule has 120 valence electrons. The van der Waals surface area contributed by atoms with Gasteiger partial charge in [-0.3, -0.25) is 15.0 Å². The molecule has 0 unspecified atom stereocenters. The van der Waals surface area contributed by atoms with Crippen molar-refractivity contribution in [2.75, 3.05) is 33.0 Å². The molecule has 1 aromatic rings. The second-order valence-corrected chi connectivity index (χ2v) is 5.61. The van der Waals surface area contributed by atoms with Gasteiger partial charge in [0.25, 0.3) is 5.69 Å². The van der Waals surface area contributed by atoms with Gasteiger partial charge in [0, 0.05) is 32.2 Å². The Labute approximate surface area is 129 Å². The van der Waals surface area contributed by atoms with E-state index in [1.165, 1.54) is 6.07 Å². The van der Waals surface area contributed by atoms with E-state index in [0.29, 0.717) is 11.5 Å². The molecule has 3 rings (SSSR count). The minimum Gasteiger partial charge on any atom is -0.454 e. The van der Waals surface area contributed by atoms with Gasteiger partial charge in [0.05, 0.1) is 16.6 Å². The lowest BCUT2D eigenvalue weighted by Crippen LogP contribution is -2.45. The third-order valence-corrected chi connectivity index (χ3v) is 4.23. The first kappa shape index (κ1) is 15.1. The van der Waals surface area contributed by atoms with Crippen LogP contribution in [0.3, 0.4) is 0 Å². The molecule has 0 amide bonds. The van der Waals surface area contributed by atoms with Crippen LogP contribution >= 0.6 is 0 Å². The number of rotatable bonds is 5. The number of nitro groups is 1. The molecular weight excluding hydrogens is 286 g/mol. The van der Waals surface area contributed by atoms with Crippen LogP contribution in [0.25, 0.3) is 0 Å². The molecule has 2 aliphatic rings. The van der Waals surface area contributed by atoms with Crippen molar-refractivity contribution in [2.24, 2.45) is 0 Å². The number of benzene rings is 1. The molecule has 7 heteroatoms. The highest BCUT2D eigenvalue weighted by Gasteiger charge is 2.31. The fourth-order valence-corrected chi connectivity index (χ4v) is 3.17. The standard InChI is InChI=1S/C15H21N3O4/c1-2-3-12(17-6-4-16-5-7-17)11-8-14-15(22-10-21-14)9-13(11)18(19)20/h8-9,12,16H,2-7,10H2,1H3/t12-/m1/s1. The highest BCUT2D eigenvalue weighted by atomic mass is 16.7. The predicted octanol–water partition coefficient (Wildman–Crippen LogP) is 2.07. The molecule has 1 atom stereocenters. The van der Waals surface area contributed by atoms with Crippen LogP contribution in [0.1, 0.15) is 31.4 Å². The van der Waals surface area contributed by atoms with Crippen LogP contribution in [-0.4, -0.2) is 42.8 Å². The molecule has 0 spiro atoms. The number of piperazine rings is 1. The third-order valence-electron chi connectivity index (χ3n) is 4.23. The number of nitrogens with one attached hydrogen (secondary N) is 1. The lowest BCUT2D eigenvalue weighted by molar-refractivity contribution is -0.386. The number of fused-ring (bicyclic) bond motifs is 1. The van der Waals surface area contributed by atoms with Gasteiger partial charge in [0.2, 0.25) is 6.79 Å². The molecule has 7 nitrogen and oxygen atoms in total. The average Bonchev–Trinajstić information content (AvgIpc) is 2.99. The van der Waals surface area contributed by atoms with Gasteiger partial charge in [-0.05, 0) is 12.5 Å². The molecule has 22 heavy (non-hydrogen) atoms. The van der Waals surface area contributed by atoms with Crippen LogP contribution in [0, 0.1) is 10.1 Å². The molecule has 2 aliphatic heterocycles. The molecule has 2 heterocycles. The molecule has 1 saturated heterocycles. The fraction of sp³-hybridized carbons (Fsp3) is 0.600. The maximum Gasteiger partial charge on any atom is 0.278 e. The molecule has 0 bridgehead atoms. The molecular formula is C15H21N3O4. The summed E-state index contributed by atoms with van der Waals surface area (Å²) in [5.74, 6) is 1.07. The minimum absolute atomic E-state index is 0.0435. The van der Waals surface area contributed by atoms with Crippen molar-refractivity contribution >= 4 is 5.69 Å². The molecule has 1 N–H and O–H groups in total. The monoisotopic (exact) mass is 307 g/mol. The summed E-state index contributed by atoms with van der Waals surface area (Å²) in [6, 6.07) is 3.34. The molecule has 0 aromatic heterocycles. The van der Waals surface area contributed by atoms with Crippen LogP contribution in [0.15, 0.2) is 12.1 Å². The smallest absolute Gasteiger partial charge is 0.278 e. The maximum absolute atomic E-state index is 11.5. The van der Waals surface area contributed by atoms with Crippen molar-refractivity contribution in [1.82, 2.24) is 10.2 Å². The molecule has 1 aromatic carbocycles. The van der Waals surface area contributed by atoms with Gasteiger partial charge in [-0.25, -0.2) is 0 Å². The summed E-state index contributed by atoms with van der Waals surface area (Å²) in [7, 11) is 0. The van der Waals surface area contributed by atoms with E-state index >= 15 is 0 Å². The Morgan fingerprint density at radius 2 is 2.00 bits per heavy atom. The zero-order valence-electron chi connectivity index (χ0n) is 12.7. The van der Waals surface area contributed by atoms with Crippen LogP contribution in [-0.2, 0) is 0 Å². The Bertz CT molecular complexity index is 558. The fourth-order valence-electron chi connectivity index (χ4n) is 3.17. The van der Waals surface area contributed by atoms with Gasteiger partial charge in [-0.15, -0.1) is 0 Å². The Morgan fingerprint density at radius 1 is 1.32 bits per heavy atom. The van der Waals surface area contributed by atoms with Gasteiger partial charge in [-0.2, -0.15) is 0 Å². The highest BCUT2D eigenvalue weighted by Crippen LogP contribution is 2.42. The topological polar surface area (TPSA) is 76.9 Å². The molecule has 0 radical (unpaired) electrons. The van der Waals surface area contributed by atoms with Gasteiger partial charge in [0.1, 0.15) is 0 Å². The summed E-state index contributed by atoms with van der Waals surface area (Å²) in [5.41, 5.74) is 0.860. The lowest BCUT2D eigenvalue weighted by atomic mass is 9.97. The second-order valence-electron chi connectivity index (χ2n) is 5.61. The number of hydrogen-bond donors (Lipinski definition) is 1. The van der Waals surface area contributed by atoms with E-state index in [1.54, 1.807) is 6.07 Å². The maximum atomic E-state index is 11.5. The van der Waals surface area contributed by atoms with Crippen LogP contribution in [0.2, 0.25) is 0 Å². The van der Waals surface area contributed by atoms with Crippen molar-refractivity contribution in [3.63, 3.8) is 0 Å². The Hall–Kier alpha value is -1.86. The SMILES string of the molecule is CCC[C@H](c1cc2c(cc1[N+](=O)[O-])OCO2)N1CCNCC1. The highest BCUT2D eigenvalue weighted by molar-refractivity contribution is 5.56. The number of ether oxygens (including phenoxy) is 2. The van der Waals surface area contributed by atoms with Gasteiger partial charge in [0.15, 0.2) is 11.5 Å². The van der Waals surface area contributed by atoms with Gasteiger partial charge >= 0.3 is 0 Å². The summed E-state index contributed by atoms with van der Waals surface area (Å²) in [6.07, 6.45) is 1.86. The second kappa shape index (κ2) is 6.50. The van der Waals surface area contributed by atoms with Gasteiger partial charge in [-0.1, -0.05) is 13.3 Å². The normalized spacial score (nSPS) is 19.1. The van der Waals surface area contributed by atoms with E-state index in [1.807, 2.05) is 0 Å². The van der Waals surface area contributed by atoms with Crippen LogP contribution in [0.5, 0.6) is 11.5 Å². The van der Waals surface area contributed by atoms with E-state index in [4.69, 9.17) is 9.47 Å². The summed E-state index contributed by atoms with van der Waals surface area (Å²) >= 11 is 0. The predicted molar refractivity (Wildman–Crippen MR) is 81.3 cm³/mol. The first-order valence-corrected chi connectivity index (χ1v) is 7.73. The van der Waals surface area contributed by atoms with Crippen molar-refractivity contribution in [2.45, 2.75) is 25.8 Å². The van der Waals surface area contributed by atoms with Crippen molar-refractivity contribution in [3.8, 4) is 11.5 Å². The Kier molecular flexibility index (Phi) is 4.44. The van der Waals surface area contributed by atoms with Gasteiger partial charge < -0.3 is 14.8 Å². The first-order chi connectivity index (χ1) is 10.7. The van der Waals surface area contributed by atoms with E-state index in [2.05, 4.69) is 17.1 Å². The average molecular weight is 307 g/mol. The summed E-state index contributed by atoms with van der Waals surface area (Å²) < 4.78 is 10.7. The number of hydrogen-bond acceptors (Lipinski definition) is 6. The van der Waals surface area contributed by atoms with Crippen molar-refractivity contribution in [1.29, 1.82) is 0 Å². The van der Waals surface area contributed by atoms with Crippen molar-refractivity contribution in [3.05, 3.63) is 27.8 Å². The van der Waals surface area contributed by atoms with Crippen molar-refractivity contribution < 1.29 is 14.4 Å². The van der Waals surface area contributed by atoms with E-state index in [9.17, 15) is 10.1 Å². The Balaban J connectivity index is 2.00. The van der Waals surface area contributed by atoms with E-state index < -0.39 is 0 Å². The van der Waals surface area contributed by atoms with E-state index in [0.717, 1.165) is 44.6 Å². The van der Waals surface area contributed by atoms with E-state index in [-0.39, 0.29) is 23.4 Å². The quantitative estimate of drug-likeness (QED) is 0.663. The largest absolute Gasteiger partial charge is 0.454 e. The summed E-state index contributed by atoms with van der Waals surface area (Å²) in [5, 5.41) is 14.8. The molecule has 0 saturated carbocycles. The molecule has 1 fully saturated rings. The number of nitrogens with zero attached hydrogens (tertiary/aromatic N) is 2. The zero-order chi connectivity index (χ0) is 15.5. The number of nitro benzene ring substituents is 1. The zero-order valence-corrected chi connectivity index (χ0v) is 12.7. The molecule has 0 aliphatic carbocycles. The Morgan fingerprint density at radius 3 is 2.64 bits per heavy atom. The minimum atomic E-state index is -0.317.